The Kier molecular flexibility index (Phi) is 4.36. The maximum atomic E-state index is 10.9. The van der Waals surface area contributed by atoms with E-state index in [9.17, 15) is 18.6 Å². The molecular formula is C12H19NO5S. The van der Waals surface area contributed by atoms with Crippen LogP contribution in [0.5, 0.6) is 0 Å². The minimum absolute atomic E-state index is 0.393. The maximum Gasteiger partial charge on any atom is 0.264 e. The number of pyridine rings is 1. The Bertz CT molecular complexity index is 528. The SMILES string of the molecule is CC(C)(O)c1ccc([C@](C)(O)COS(C)(=O)=O)cn1. The Morgan fingerprint density at radius 1 is 1.26 bits per heavy atom. The molecule has 0 bridgehead atoms. The van der Waals surface area contributed by atoms with Crippen molar-refractivity contribution in [1.82, 2.24) is 4.98 Å². The summed E-state index contributed by atoms with van der Waals surface area (Å²) in [7, 11) is -3.62. The number of hydrogen-bond acceptors (Lipinski definition) is 6. The summed E-state index contributed by atoms with van der Waals surface area (Å²) in [6, 6.07) is 3.15. The minimum Gasteiger partial charge on any atom is -0.384 e. The molecule has 6 nitrogen and oxygen atoms in total. The smallest absolute Gasteiger partial charge is 0.264 e. The lowest BCUT2D eigenvalue weighted by Crippen LogP contribution is -2.29. The van der Waals surface area contributed by atoms with Gasteiger partial charge in [0.2, 0.25) is 0 Å². The number of hydrogen-bond donors (Lipinski definition) is 2. The predicted molar refractivity (Wildman–Crippen MR) is 69.8 cm³/mol. The third-order valence-electron chi connectivity index (χ3n) is 2.57. The molecule has 0 saturated heterocycles. The second-order valence-corrected chi connectivity index (χ2v) is 6.88. The van der Waals surface area contributed by atoms with Crippen molar-refractivity contribution in [2.75, 3.05) is 12.9 Å². The Labute approximate surface area is 113 Å². The number of aliphatic hydroxyl groups is 2. The molecule has 2 N–H and O–H groups in total. The highest BCUT2D eigenvalue weighted by Crippen LogP contribution is 2.23. The first kappa shape index (κ1) is 16.0. The van der Waals surface area contributed by atoms with E-state index in [1.807, 2.05) is 0 Å². The quantitative estimate of drug-likeness (QED) is 0.766. The highest BCUT2D eigenvalue weighted by molar-refractivity contribution is 7.85. The Hall–Kier alpha value is -1.02. The standard InChI is InChI=1S/C12H19NO5S/c1-11(2,14)10-6-5-9(7-13-10)12(3,15)8-18-19(4,16)17/h5-7,14-15H,8H2,1-4H3/t12-/m1/s1. The van der Waals surface area contributed by atoms with Crippen molar-refractivity contribution in [3.8, 4) is 0 Å². The third-order valence-corrected chi connectivity index (χ3v) is 3.11. The maximum absolute atomic E-state index is 10.9. The van der Waals surface area contributed by atoms with E-state index in [-0.39, 0.29) is 0 Å². The average Bonchev–Trinajstić information content (AvgIpc) is 2.25. The molecule has 1 atom stereocenters. The monoisotopic (exact) mass is 289 g/mol. The molecule has 0 aromatic carbocycles. The van der Waals surface area contributed by atoms with Crippen LogP contribution in [0.2, 0.25) is 0 Å². The van der Waals surface area contributed by atoms with Crippen molar-refractivity contribution in [2.45, 2.75) is 32.0 Å². The van der Waals surface area contributed by atoms with Gasteiger partial charge in [-0.3, -0.25) is 9.17 Å². The van der Waals surface area contributed by atoms with Gasteiger partial charge in [0, 0.05) is 11.8 Å². The first-order valence-corrected chi connectivity index (χ1v) is 7.50. The van der Waals surface area contributed by atoms with Crippen LogP contribution in [0, 0.1) is 0 Å². The number of aromatic nitrogens is 1. The van der Waals surface area contributed by atoms with Gasteiger partial charge in [-0.2, -0.15) is 8.42 Å². The van der Waals surface area contributed by atoms with E-state index < -0.39 is 27.9 Å². The van der Waals surface area contributed by atoms with Crippen molar-refractivity contribution >= 4 is 10.1 Å². The van der Waals surface area contributed by atoms with Crippen LogP contribution in [0.1, 0.15) is 32.0 Å². The molecule has 0 radical (unpaired) electrons. The van der Waals surface area contributed by atoms with Crippen molar-refractivity contribution in [2.24, 2.45) is 0 Å². The van der Waals surface area contributed by atoms with Crippen LogP contribution in [0.15, 0.2) is 18.3 Å². The van der Waals surface area contributed by atoms with E-state index >= 15 is 0 Å². The van der Waals surface area contributed by atoms with E-state index in [2.05, 4.69) is 9.17 Å². The molecule has 19 heavy (non-hydrogen) atoms. The zero-order valence-corrected chi connectivity index (χ0v) is 12.2. The van der Waals surface area contributed by atoms with Gasteiger partial charge in [-0.15, -0.1) is 0 Å². The summed E-state index contributed by atoms with van der Waals surface area (Å²) in [6.07, 6.45) is 2.30. The Balaban J connectivity index is 2.90. The van der Waals surface area contributed by atoms with Gasteiger partial charge in [0.25, 0.3) is 10.1 Å². The van der Waals surface area contributed by atoms with Gasteiger partial charge < -0.3 is 10.2 Å². The normalized spacial score (nSPS) is 16.1. The molecule has 108 valence electrons. The third kappa shape index (κ3) is 4.87. The number of nitrogens with zero attached hydrogens (tertiary/aromatic N) is 1. The van der Waals surface area contributed by atoms with Crippen molar-refractivity contribution in [1.29, 1.82) is 0 Å². The van der Waals surface area contributed by atoms with Gasteiger partial charge in [0.05, 0.1) is 18.6 Å². The summed E-state index contributed by atoms with van der Waals surface area (Å²) >= 11 is 0. The van der Waals surface area contributed by atoms with Crippen molar-refractivity contribution in [3.05, 3.63) is 29.6 Å². The van der Waals surface area contributed by atoms with E-state index in [4.69, 9.17) is 0 Å². The zero-order valence-electron chi connectivity index (χ0n) is 11.4. The summed E-state index contributed by atoms with van der Waals surface area (Å²) in [5.41, 5.74) is -1.69. The lowest BCUT2D eigenvalue weighted by atomic mass is 9.97. The summed E-state index contributed by atoms with van der Waals surface area (Å²) in [4.78, 5) is 4.05. The van der Waals surface area contributed by atoms with Gasteiger partial charge in [-0.25, -0.2) is 0 Å². The molecule has 1 rings (SSSR count). The van der Waals surface area contributed by atoms with E-state index in [0.717, 1.165) is 6.26 Å². The van der Waals surface area contributed by atoms with Crippen LogP contribution >= 0.6 is 0 Å². The van der Waals surface area contributed by atoms with E-state index in [1.54, 1.807) is 26.0 Å². The first-order chi connectivity index (χ1) is 8.42. The lowest BCUT2D eigenvalue weighted by molar-refractivity contribution is 0.00947. The zero-order chi connectivity index (χ0) is 14.9. The Morgan fingerprint density at radius 3 is 2.21 bits per heavy atom. The van der Waals surface area contributed by atoms with Crippen LogP contribution in [-0.2, 0) is 25.5 Å². The molecule has 1 heterocycles. The van der Waals surface area contributed by atoms with Gasteiger partial charge in [0.15, 0.2) is 0 Å². The highest BCUT2D eigenvalue weighted by Gasteiger charge is 2.27. The van der Waals surface area contributed by atoms with Crippen LogP contribution < -0.4 is 0 Å². The first-order valence-electron chi connectivity index (χ1n) is 5.68. The van der Waals surface area contributed by atoms with Gasteiger partial charge in [-0.1, -0.05) is 6.07 Å². The van der Waals surface area contributed by atoms with Crippen LogP contribution in [-0.4, -0.2) is 36.5 Å². The molecule has 0 saturated carbocycles. The average molecular weight is 289 g/mol. The molecule has 0 fully saturated rings. The molecule has 7 heteroatoms. The topological polar surface area (TPSA) is 96.7 Å². The largest absolute Gasteiger partial charge is 0.384 e. The molecular weight excluding hydrogens is 270 g/mol. The summed E-state index contributed by atoms with van der Waals surface area (Å²) in [6.45, 7) is 4.23. The molecule has 1 aromatic heterocycles. The molecule has 0 spiro atoms. The fourth-order valence-electron chi connectivity index (χ4n) is 1.38. The predicted octanol–water partition coefficient (Wildman–Crippen LogP) is 0.493. The van der Waals surface area contributed by atoms with Gasteiger partial charge in [-0.05, 0) is 26.8 Å². The van der Waals surface area contributed by atoms with Gasteiger partial charge >= 0.3 is 0 Å². The van der Waals surface area contributed by atoms with Gasteiger partial charge in [0.1, 0.15) is 11.2 Å². The Morgan fingerprint density at radius 2 is 1.84 bits per heavy atom. The summed E-state index contributed by atoms with van der Waals surface area (Å²) < 4.78 is 26.4. The van der Waals surface area contributed by atoms with E-state index in [0.29, 0.717) is 11.3 Å². The highest BCUT2D eigenvalue weighted by atomic mass is 32.2. The van der Waals surface area contributed by atoms with Crippen molar-refractivity contribution < 1.29 is 22.8 Å². The second-order valence-electron chi connectivity index (χ2n) is 5.23. The molecule has 0 aliphatic carbocycles. The summed E-state index contributed by atoms with van der Waals surface area (Å²) in [5, 5.41) is 19.9. The minimum atomic E-state index is -3.62. The van der Waals surface area contributed by atoms with Crippen LogP contribution in [0.3, 0.4) is 0 Å². The number of rotatable bonds is 5. The van der Waals surface area contributed by atoms with E-state index in [1.165, 1.54) is 13.1 Å². The molecule has 0 aliphatic rings. The molecule has 0 unspecified atom stereocenters. The second kappa shape index (κ2) is 5.16. The fourth-order valence-corrected chi connectivity index (χ4v) is 1.82. The molecule has 1 aromatic rings. The molecule has 0 aliphatic heterocycles. The fraction of sp³-hybridized carbons (Fsp3) is 0.583. The molecule has 0 amide bonds. The van der Waals surface area contributed by atoms with Crippen LogP contribution in [0.4, 0.5) is 0 Å². The van der Waals surface area contributed by atoms with Crippen molar-refractivity contribution in [3.63, 3.8) is 0 Å². The van der Waals surface area contributed by atoms with Crippen LogP contribution in [0.25, 0.3) is 0 Å². The summed E-state index contributed by atoms with van der Waals surface area (Å²) in [5.74, 6) is 0. The lowest BCUT2D eigenvalue weighted by Gasteiger charge is -2.24.